The van der Waals surface area contributed by atoms with E-state index in [1.165, 1.54) is 17.7 Å². The first-order valence-electron chi connectivity index (χ1n) is 9.33. The van der Waals surface area contributed by atoms with E-state index in [2.05, 4.69) is 12.1 Å². The van der Waals surface area contributed by atoms with Crippen molar-refractivity contribution in [2.24, 2.45) is 0 Å². The zero-order chi connectivity index (χ0) is 21.0. The van der Waals surface area contributed by atoms with E-state index in [0.29, 0.717) is 19.8 Å². The number of ether oxygens (including phenoxy) is 3. The fraction of sp³-hybridized carbons (Fsp3) is 0.429. The summed E-state index contributed by atoms with van der Waals surface area (Å²) in [6, 6.07) is 14.6. The van der Waals surface area contributed by atoms with Crippen LogP contribution < -0.4 is 4.74 Å². The summed E-state index contributed by atoms with van der Waals surface area (Å²) in [6.45, 7) is 3.58. The number of methoxy groups -OCH3 is 1. The maximum Gasteiger partial charge on any atom is 0.297 e. The molecular formula is C21H28O6S2. The van der Waals surface area contributed by atoms with Gasteiger partial charge >= 0.3 is 0 Å². The Labute approximate surface area is 177 Å². The molecule has 0 bridgehead atoms. The van der Waals surface area contributed by atoms with Gasteiger partial charge in [-0.1, -0.05) is 29.8 Å². The van der Waals surface area contributed by atoms with Gasteiger partial charge < -0.3 is 14.2 Å². The summed E-state index contributed by atoms with van der Waals surface area (Å²) in [5.74, 6) is 2.68. The lowest BCUT2D eigenvalue weighted by Gasteiger charge is -2.08. The van der Waals surface area contributed by atoms with Crippen molar-refractivity contribution in [1.29, 1.82) is 0 Å². The quantitative estimate of drug-likeness (QED) is 0.328. The first-order chi connectivity index (χ1) is 14.0. The second-order valence-electron chi connectivity index (χ2n) is 6.21. The van der Waals surface area contributed by atoms with E-state index >= 15 is 0 Å². The first kappa shape index (κ1) is 23.7. The average molecular weight is 441 g/mol. The second-order valence-corrected chi connectivity index (χ2v) is 8.94. The molecular weight excluding hydrogens is 412 g/mol. The van der Waals surface area contributed by atoms with Crippen LogP contribution in [0.5, 0.6) is 5.75 Å². The van der Waals surface area contributed by atoms with E-state index in [1.807, 2.05) is 19.1 Å². The summed E-state index contributed by atoms with van der Waals surface area (Å²) >= 11 is 1.80. The van der Waals surface area contributed by atoms with Gasteiger partial charge in [-0.3, -0.25) is 4.18 Å². The van der Waals surface area contributed by atoms with Crippen molar-refractivity contribution in [2.75, 3.05) is 45.9 Å². The molecule has 2 aromatic carbocycles. The molecule has 2 rings (SSSR count). The van der Waals surface area contributed by atoms with Gasteiger partial charge in [-0.25, -0.2) is 0 Å². The van der Waals surface area contributed by atoms with Gasteiger partial charge in [-0.15, -0.1) is 0 Å². The third kappa shape index (κ3) is 9.18. The number of aryl methyl sites for hydroxylation is 1. The monoisotopic (exact) mass is 440 g/mol. The molecule has 8 heteroatoms. The molecule has 6 nitrogen and oxygen atoms in total. The van der Waals surface area contributed by atoms with Gasteiger partial charge in [0.2, 0.25) is 0 Å². The van der Waals surface area contributed by atoms with Crippen LogP contribution in [-0.4, -0.2) is 54.3 Å². The topological polar surface area (TPSA) is 71.1 Å². The molecule has 0 N–H and O–H groups in total. The van der Waals surface area contributed by atoms with Crippen molar-refractivity contribution in [3.63, 3.8) is 0 Å². The van der Waals surface area contributed by atoms with E-state index in [9.17, 15) is 8.42 Å². The minimum atomic E-state index is -3.73. The number of rotatable bonds is 14. The molecule has 160 valence electrons. The lowest BCUT2D eigenvalue weighted by molar-refractivity contribution is 0.0421. The predicted octanol–water partition coefficient (Wildman–Crippen LogP) is 3.68. The van der Waals surface area contributed by atoms with Crippen LogP contribution in [-0.2, 0) is 29.5 Å². The first-order valence-corrected chi connectivity index (χ1v) is 11.9. The van der Waals surface area contributed by atoms with Gasteiger partial charge in [0.25, 0.3) is 10.1 Å². The van der Waals surface area contributed by atoms with Gasteiger partial charge in [0.05, 0.1) is 45.0 Å². The van der Waals surface area contributed by atoms with Crippen molar-refractivity contribution in [2.45, 2.75) is 17.6 Å². The molecule has 0 aliphatic rings. The van der Waals surface area contributed by atoms with E-state index in [4.69, 9.17) is 18.4 Å². The molecule has 0 aliphatic carbocycles. The van der Waals surface area contributed by atoms with E-state index < -0.39 is 10.1 Å². The highest BCUT2D eigenvalue weighted by Crippen LogP contribution is 2.16. The standard InChI is InChI=1S/C21H28O6S2/c1-18-3-9-21(10-4-18)29(22,23)27-14-13-25-11-12-26-15-16-28-17-19-5-7-20(24-2)8-6-19/h3-10H,11-17H2,1-2H3. The van der Waals surface area contributed by atoms with Crippen LogP contribution in [0.15, 0.2) is 53.4 Å². The Balaban J connectivity index is 1.45. The van der Waals surface area contributed by atoms with E-state index in [-0.39, 0.29) is 18.1 Å². The molecule has 29 heavy (non-hydrogen) atoms. The molecule has 0 heterocycles. The van der Waals surface area contributed by atoms with Crippen molar-refractivity contribution >= 4 is 21.9 Å². The Morgan fingerprint density at radius 2 is 1.45 bits per heavy atom. The third-order valence-corrected chi connectivity index (χ3v) is 6.27. The Morgan fingerprint density at radius 3 is 2.10 bits per heavy atom. The van der Waals surface area contributed by atoms with Gasteiger partial charge in [-0.05, 0) is 36.8 Å². The summed E-state index contributed by atoms with van der Waals surface area (Å²) < 4.78 is 45.0. The molecule has 0 spiro atoms. The average Bonchev–Trinajstić information content (AvgIpc) is 2.72. The van der Waals surface area contributed by atoms with Crippen LogP contribution in [0.1, 0.15) is 11.1 Å². The maximum atomic E-state index is 12.0. The van der Waals surface area contributed by atoms with Crippen LogP contribution in [0.4, 0.5) is 0 Å². The van der Waals surface area contributed by atoms with Crippen molar-refractivity contribution in [3.05, 3.63) is 59.7 Å². The second kappa shape index (κ2) is 12.9. The lowest BCUT2D eigenvalue weighted by atomic mass is 10.2. The summed E-state index contributed by atoms with van der Waals surface area (Å²) in [4.78, 5) is 0.151. The summed E-state index contributed by atoms with van der Waals surface area (Å²) in [5.41, 5.74) is 2.24. The summed E-state index contributed by atoms with van der Waals surface area (Å²) in [6.07, 6.45) is 0. The number of benzene rings is 2. The van der Waals surface area contributed by atoms with E-state index in [0.717, 1.165) is 22.8 Å². The fourth-order valence-corrected chi connectivity index (χ4v) is 4.03. The van der Waals surface area contributed by atoms with Gasteiger partial charge in [0, 0.05) is 11.5 Å². The van der Waals surface area contributed by atoms with Crippen LogP contribution in [0, 0.1) is 6.92 Å². The Kier molecular flexibility index (Phi) is 10.5. The highest BCUT2D eigenvalue weighted by molar-refractivity contribution is 7.98. The van der Waals surface area contributed by atoms with Crippen LogP contribution in [0.3, 0.4) is 0 Å². The van der Waals surface area contributed by atoms with Crippen LogP contribution in [0.25, 0.3) is 0 Å². The maximum absolute atomic E-state index is 12.0. The SMILES string of the molecule is COc1ccc(CSCCOCCOCCOS(=O)(=O)c2ccc(C)cc2)cc1. The highest BCUT2D eigenvalue weighted by atomic mass is 32.2. The fourth-order valence-electron chi connectivity index (χ4n) is 2.33. The van der Waals surface area contributed by atoms with Crippen molar-refractivity contribution in [3.8, 4) is 5.75 Å². The summed E-state index contributed by atoms with van der Waals surface area (Å²) in [7, 11) is -2.07. The van der Waals surface area contributed by atoms with Gasteiger partial charge in [0.1, 0.15) is 5.75 Å². The molecule has 0 radical (unpaired) electrons. The Hall–Kier alpha value is -1.58. The molecule has 2 aromatic rings. The number of hydrogen-bond donors (Lipinski definition) is 0. The smallest absolute Gasteiger partial charge is 0.297 e. The third-order valence-electron chi connectivity index (χ3n) is 3.95. The number of hydrogen-bond acceptors (Lipinski definition) is 7. The molecule has 0 aromatic heterocycles. The molecule has 0 amide bonds. The zero-order valence-electron chi connectivity index (χ0n) is 16.8. The minimum absolute atomic E-state index is 0.0199. The van der Waals surface area contributed by atoms with Gasteiger partial charge in [-0.2, -0.15) is 20.2 Å². The molecule has 0 aliphatic heterocycles. The van der Waals surface area contributed by atoms with Crippen molar-refractivity contribution in [1.82, 2.24) is 0 Å². The van der Waals surface area contributed by atoms with Gasteiger partial charge in [0.15, 0.2) is 0 Å². The van der Waals surface area contributed by atoms with E-state index in [1.54, 1.807) is 31.0 Å². The normalized spacial score (nSPS) is 11.5. The number of thioether (sulfide) groups is 1. The Bertz CT molecular complexity index is 804. The predicted molar refractivity (Wildman–Crippen MR) is 115 cm³/mol. The van der Waals surface area contributed by atoms with Crippen LogP contribution in [0.2, 0.25) is 0 Å². The van der Waals surface area contributed by atoms with Crippen molar-refractivity contribution < 1.29 is 26.8 Å². The minimum Gasteiger partial charge on any atom is -0.497 e. The Morgan fingerprint density at radius 1 is 0.828 bits per heavy atom. The molecule has 0 fully saturated rings. The van der Waals surface area contributed by atoms with Crippen LogP contribution >= 0.6 is 11.8 Å². The molecule has 0 unspecified atom stereocenters. The summed E-state index contributed by atoms with van der Waals surface area (Å²) in [5, 5.41) is 0. The lowest BCUT2D eigenvalue weighted by Crippen LogP contribution is -2.14. The molecule has 0 atom stereocenters. The molecule has 0 saturated heterocycles. The highest BCUT2D eigenvalue weighted by Gasteiger charge is 2.14. The zero-order valence-corrected chi connectivity index (χ0v) is 18.5. The largest absolute Gasteiger partial charge is 0.497 e. The molecule has 0 saturated carbocycles.